The second kappa shape index (κ2) is 6.33. The van der Waals surface area contributed by atoms with Crippen LogP contribution in [0.25, 0.3) is 10.9 Å². The highest BCUT2D eigenvalue weighted by Gasteiger charge is 2.21. The molecule has 1 aromatic carbocycles. The number of hydrogen-bond acceptors (Lipinski definition) is 3. The maximum absolute atomic E-state index is 4.58. The number of nitrogens with zero attached hydrogens (tertiary/aromatic N) is 2. The highest BCUT2D eigenvalue weighted by molar-refractivity contribution is 5.78. The predicted octanol–water partition coefficient (Wildman–Crippen LogP) is 2.81. The average Bonchev–Trinajstić information content (AvgIpc) is 2.49. The van der Waals surface area contributed by atoms with Crippen molar-refractivity contribution in [3.63, 3.8) is 0 Å². The molecule has 0 saturated carbocycles. The van der Waals surface area contributed by atoms with Crippen LogP contribution in [-0.2, 0) is 6.54 Å². The number of benzene rings is 1. The zero-order chi connectivity index (χ0) is 13.8. The van der Waals surface area contributed by atoms with Gasteiger partial charge in [0.1, 0.15) is 0 Å². The van der Waals surface area contributed by atoms with E-state index in [1.54, 1.807) is 0 Å². The summed E-state index contributed by atoms with van der Waals surface area (Å²) in [7, 11) is 0. The van der Waals surface area contributed by atoms with Gasteiger partial charge in [0, 0.05) is 43.8 Å². The Bertz CT molecular complexity index is 565. The lowest BCUT2D eigenvalue weighted by molar-refractivity contribution is 0.144. The van der Waals surface area contributed by atoms with E-state index in [2.05, 4.69) is 46.4 Å². The van der Waals surface area contributed by atoms with Crippen molar-refractivity contribution in [3.8, 4) is 0 Å². The average molecular weight is 269 g/mol. The van der Waals surface area contributed by atoms with Gasteiger partial charge in [0.25, 0.3) is 0 Å². The maximum Gasteiger partial charge on any atom is 0.0702 e. The van der Waals surface area contributed by atoms with Crippen molar-refractivity contribution >= 4 is 10.9 Å². The second-order valence-electron chi connectivity index (χ2n) is 5.65. The first kappa shape index (κ1) is 13.5. The number of fused-ring (bicyclic) bond motifs is 1. The molecule has 0 spiro atoms. The van der Waals surface area contributed by atoms with E-state index in [1.165, 1.54) is 23.8 Å². The van der Waals surface area contributed by atoms with E-state index in [4.69, 9.17) is 0 Å². The molecule has 1 saturated heterocycles. The van der Waals surface area contributed by atoms with Gasteiger partial charge < -0.3 is 5.32 Å². The summed E-state index contributed by atoms with van der Waals surface area (Å²) in [6.07, 6.45) is 4.56. The van der Waals surface area contributed by atoms with E-state index in [1.807, 2.05) is 12.3 Å². The van der Waals surface area contributed by atoms with Crippen molar-refractivity contribution in [2.24, 2.45) is 0 Å². The number of aromatic nitrogens is 1. The Kier molecular flexibility index (Phi) is 4.28. The van der Waals surface area contributed by atoms with Crippen molar-refractivity contribution in [2.75, 3.05) is 19.6 Å². The minimum atomic E-state index is 0.667. The van der Waals surface area contributed by atoms with Gasteiger partial charge in [-0.2, -0.15) is 0 Å². The summed E-state index contributed by atoms with van der Waals surface area (Å²) < 4.78 is 0. The highest BCUT2D eigenvalue weighted by atomic mass is 15.2. The molecule has 20 heavy (non-hydrogen) atoms. The molecule has 3 nitrogen and oxygen atoms in total. The highest BCUT2D eigenvalue weighted by Crippen LogP contribution is 2.17. The van der Waals surface area contributed by atoms with Crippen LogP contribution < -0.4 is 5.32 Å². The van der Waals surface area contributed by atoms with Gasteiger partial charge in [-0.1, -0.05) is 31.5 Å². The van der Waals surface area contributed by atoms with Crippen LogP contribution in [-0.4, -0.2) is 35.6 Å². The fraction of sp³-hybridized carbons (Fsp3) is 0.471. The van der Waals surface area contributed by atoms with Crippen LogP contribution in [0.5, 0.6) is 0 Å². The Morgan fingerprint density at radius 2 is 2.25 bits per heavy atom. The van der Waals surface area contributed by atoms with Crippen LogP contribution >= 0.6 is 0 Å². The van der Waals surface area contributed by atoms with Crippen LogP contribution in [0.4, 0.5) is 0 Å². The van der Waals surface area contributed by atoms with Gasteiger partial charge in [-0.05, 0) is 24.1 Å². The SMILES string of the molecule is CCCC1CNCCN1Cc1cnc2ccccc2c1. The Morgan fingerprint density at radius 1 is 1.35 bits per heavy atom. The normalized spacial score (nSPS) is 20.4. The zero-order valence-electron chi connectivity index (χ0n) is 12.2. The first-order chi connectivity index (χ1) is 9.86. The van der Waals surface area contributed by atoms with Crippen LogP contribution in [0, 0.1) is 0 Å². The van der Waals surface area contributed by atoms with Crippen LogP contribution in [0.1, 0.15) is 25.3 Å². The fourth-order valence-electron chi connectivity index (χ4n) is 3.07. The number of piperazine rings is 1. The summed E-state index contributed by atoms with van der Waals surface area (Å²) >= 11 is 0. The lowest BCUT2D eigenvalue weighted by Gasteiger charge is -2.36. The molecule has 1 aromatic heterocycles. The minimum Gasteiger partial charge on any atom is -0.314 e. The van der Waals surface area contributed by atoms with Crippen molar-refractivity contribution in [1.29, 1.82) is 0 Å². The van der Waals surface area contributed by atoms with Gasteiger partial charge in [-0.3, -0.25) is 9.88 Å². The summed E-state index contributed by atoms with van der Waals surface area (Å²) in [5.74, 6) is 0. The molecule has 3 heteroatoms. The topological polar surface area (TPSA) is 28.2 Å². The van der Waals surface area contributed by atoms with Gasteiger partial charge >= 0.3 is 0 Å². The van der Waals surface area contributed by atoms with E-state index in [0.29, 0.717) is 6.04 Å². The third-order valence-electron chi connectivity index (χ3n) is 4.13. The molecule has 106 valence electrons. The molecule has 0 bridgehead atoms. The smallest absolute Gasteiger partial charge is 0.0702 e. The first-order valence-corrected chi connectivity index (χ1v) is 7.65. The molecular weight excluding hydrogens is 246 g/mol. The quantitative estimate of drug-likeness (QED) is 0.925. The first-order valence-electron chi connectivity index (χ1n) is 7.65. The lowest BCUT2D eigenvalue weighted by Crippen LogP contribution is -2.50. The summed E-state index contributed by atoms with van der Waals surface area (Å²) in [5, 5.41) is 4.75. The Labute approximate surface area is 121 Å². The molecule has 0 radical (unpaired) electrons. The molecule has 2 aromatic rings. The predicted molar refractivity (Wildman–Crippen MR) is 83.7 cm³/mol. The van der Waals surface area contributed by atoms with E-state index in [-0.39, 0.29) is 0 Å². The van der Waals surface area contributed by atoms with Crippen LogP contribution in [0.2, 0.25) is 0 Å². The third-order valence-corrected chi connectivity index (χ3v) is 4.13. The van der Waals surface area contributed by atoms with Gasteiger partial charge in [-0.15, -0.1) is 0 Å². The molecule has 1 fully saturated rings. The maximum atomic E-state index is 4.58. The molecule has 1 N–H and O–H groups in total. The fourth-order valence-corrected chi connectivity index (χ4v) is 3.07. The standard InChI is InChI=1S/C17H23N3/c1-2-5-16-12-18-8-9-20(16)13-14-10-15-6-3-4-7-17(15)19-11-14/h3-4,6-7,10-11,16,18H,2,5,8-9,12-13H2,1H3. The largest absolute Gasteiger partial charge is 0.314 e. The van der Waals surface area contributed by atoms with E-state index in [0.717, 1.165) is 31.7 Å². The van der Waals surface area contributed by atoms with Gasteiger partial charge in [0.05, 0.1) is 5.52 Å². The van der Waals surface area contributed by atoms with Gasteiger partial charge in [0.15, 0.2) is 0 Å². The number of pyridine rings is 1. The molecular formula is C17H23N3. The Morgan fingerprint density at radius 3 is 3.15 bits per heavy atom. The molecule has 0 aliphatic carbocycles. The molecule has 3 rings (SSSR count). The van der Waals surface area contributed by atoms with E-state index >= 15 is 0 Å². The molecule has 2 heterocycles. The Balaban J connectivity index is 1.77. The van der Waals surface area contributed by atoms with E-state index in [9.17, 15) is 0 Å². The number of para-hydroxylation sites is 1. The van der Waals surface area contributed by atoms with Gasteiger partial charge in [0.2, 0.25) is 0 Å². The van der Waals surface area contributed by atoms with Crippen LogP contribution in [0.15, 0.2) is 36.5 Å². The Hall–Kier alpha value is -1.45. The molecule has 1 aliphatic rings. The van der Waals surface area contributed by atoms with E-state index < -0.39 is 0 Å². The summed E-state index contributed by atoms with van der Waals surface area (Å²) in [5.41, 5.74) is 2.41. The minimum absolute atomic E-state index is 0.667. The zero-order valence-corrected chi connectivity index (χ0v) is 12.2. The molecule has 0 amide bonds. The summed E-state index contributed by atoms with van der Waals surface area (Å²) in [6.45, 7) is 6.64. The number of hydrogen-bond donors (Lipinski definition) is 1. The number of rotatable bonds is 4. The second-order valence-corrected chi connectivity index (χ2v) is 5.65. The monoisotopic (exact) mass is 269 g/mol. The van der Waals surface area contributed by atoms with Gasteiger partial charge in [-0.25, -0.2) is 0 Å². The summed E-state index contributed by atoms with van der Waals surface area (Å²) in [4.78, 5) is 7.18. The lowest BCUT2D eigenvalue weighted by atomic mass is 10.1. The van der Waals surface area contributed by atoms with Crippen molar-refractivity contribution in [1.82, 2.24) is 15.2 Å². The van der Waals surface area contributed by atoms with Crippen molar-refractivity contribution < 1.29 is 0 Å². The van der Waals surface area contributed by atoms with Crippen molar-refractivity contribution in [2.45, 2.75) is 32.4 Å². The number of nitrogens with one attached hydrogen (secondary N) is 1. The summed E-state index contributed by atoms with van der Waals surface area (Å²) in [6, 6.07) is 11.3. The van der Waals surface area contributed by atoms with Crippen LogP contribution in [0.3, 0.4) is 0 Å². The molecule has 1 aliphatic heterocycles. The third kappa shape index (κ3) is 3.00. The van der Waals surface area contributed by atoms with Crippen molar-refractivity contribution in [3.05, 3.63) is 42.1 Å². The molecule has 1 unspecified atom stereocenters. The molecule has 1 atom stereocenters.